The van der Waals surface area contributed by atoms with E-state index in [1.54, 1.807) is 0 Å². The lowest BCUT2D eigenvalue weighted by molar-refractivity contribution is -0.133. The zero-order chi connectivity index (χ0) is 15.4. The summed E-state index contributed by atoms with van der Waals surface area (Å²) >= 11 is 0. The summed E-state index contributed by atoms with van der Waals surface area (Å²) in [5.74, 6) is 0.249. The molecule has 0 radical (unpaired) electrons. The number of nitrogens with zero attached hydrogens (tertiary/aromatic N) is 1. The van der Waals surface area contributed by atoms with Crippen LogP contribution in [-0.2, 0) is 14.4 Å². The second-order valence-electron chi connectivity index (χ2n) is 4.83. The molecule has 0 spiro atoms. The minimum atomic E-state index is -0.250. The van der Waals surface area contributed by atoms with Crippen molar-refractivity contribution in [3.05, 3.63) is 0 Å². The van der Waals surface area contributed by atoms with Crippen molar-refractivity contribution in [1.29, 1.82) is 0 Å². The second kappa shape index (κ2) is 11.2. The molecule has 2 amide bonds. The van der Waals surface area contributed by atoms with Gasteiger partial charge in [0, 0.05) is 38.5 Å². The molecule has 1 atom stereocenters. The Balaban J connectivity index is 0.00000110. The number of hydrogen-bond donors (Lipinski definition) is 3. The highest BCUT2D eigenvalue weighted by Gasteiger charge is 2.17. The van der Waals surface area contributed by atoms with Crippen LogP contribution in [-0.4, -0.2) is 54.0 Å². The Morgan fingerprint density at radius 3 is 2.75 bits per heavy atom. The number of hydrogen-bond acceptors (Lipinski definition) is 4. The Hall–Kier alpha value is -1.63. The molecule has 7 nitrogen and oxygen atoms in total. The molecule has 1 aliphatic heterocycles. The molecule has 1 rings (SSSR count). The molecule has 1 saturated heterocycles. The zero-order valence-electron chi connectivity index (χ0n) is 12.0. The van der Waals surface area contributed by atoms with Gasteiger partial charge in [-0.1, -0.05) is 0 Å². The van der Waals surface area contributed by atoms with Crippen molar-refractivity contribution >= 4 is 18.3 Å². The first kappa shape index (κ1) is 18.4. The Morgan fingerprint density at radius 1 is 1.55 bits per heavy atom. The average molecular weight is 287 g/mol. The lowest BCUT2D eigenvalue weighted by atomic mass is 10.1. The number of amides is 2. The van der Waals surface area contributed by atoms with Crippen LogP contribution >= 0.6 is 0 Å². The first-order valence-corrected chi connectivity index (χ1v) is 6.89. The average Bonchev–Trinajstić information content (AvgIpc) is 2.39. The molecule has 116 valence electrons. The third-order valence-corrected chi connectivity index (χ3v) is 2.87. The summed E-state index contributed by atoms with van der Waals surface area (Å²) in [4.78, 5) is 33.1. The summed E-state index contributed by atoms with van der Waals surface area (Å²) in [6.45, 7) is 3.67. The van der Waals surface area contributed by atoms with Crippen molar-refractivity contribution in [2.24, 2.45) is 5.73 Å². The van der Waals surface area contributed by atoms with Crippen molar-refractivity contribution in [3.63, 3.8) is 0 Å². The van der Waals surface area contributed by atoms with Crippen LogP contribution in [0.25, 0.3) is 0 Å². The molecule has 20 heavy (non-hydrogen) atoms. The van der Waals surface area contributed by atoms with Gasteiger partial charge >= 0.3 is 0 Å². The van der Waals surface area contributed by atoms with Crippen LogP contribution in [0.15, 0.2) is 0 Å². The molecule has 0 aliphatic carbocycles. The highest BCUT2D eigenvalue weighted by atomic mass is 16.3. The SMILES string of the molecule is C[C@H](N)CNC(=O)CCCN1CCCCC1=O.O=CO. The number of carboxylic acid groups (broad SMARTS) is 1. The Bertz CT molecular complexity index is 308. The summed E-state index contributed by atoms with van der Waals surface area (Å²) in [5.41, 5.74) is 5.54. The van der Waals surface area contributed by atoms with Crippen LogP contribution < -0.4 is 11.1 Å². The number of likely N-dealkylation sites (tertiary alicyclic amines) is 1. The monoisotopic (exact) mass is 287 g/mol. The fourth-order valence-electron chi connectivity index (χ4n) is 1.89. The number of piperidine rings is 1. The fourth-order valence-corrected chi connectivity index (χ4v) is 1.89. The number of carbonyl (C=O) groups is 3. The van der Waals surface area contributed by atoms with Crippen LogP contribution in [0.5, 0.6) is 0 Å². The quantitative estimate of drug-likeness (QED) is 0.592. The van der Waals surface area contributed by atoms with Gasteiger partial charge in [-0.05, 0) is 26.2 Å². The molecule has 1 fully saturated rings. The number of carbonyl (C=O) groups excluding carboxylic acids is 2. The maximum Gasteiger partial charge on any atom is 0.290 e. The lowest BCUT2D eigenvalue weighted by Gasteiger charge is -2.26. The van der Waals surface area contributed by atoms with E-state index >= 15 is 0 Å². The molecule has 7 heteroatoms. The van der Waals surface area contributed by atoms with Gasteiger partial charge < -0.3 is 21.1 Å². The maximum atomic E-state index is 11.5. The lowest BCUT2D eigenvalue weighted by Crippen LogP contribution is -2.37. The van der Waals surface area contributed by atoms with E-state index in [0.717, 1.165) is 25.8 Å². The van der Waals surface area contributed by atoms with Gasteiger partial charge in [-0.2, -0.15) is 0 Å². The highest BCUT2D eigenvalue weighted by molar-refractivity contribution is 5.77. The summed E-state index contributed by atoms with van der Waals surface area (Å²) in [6.07, 6.45) is 3.96. The number of nitrogens with one attached hydrogen (secondary N) is 1. The van der Waals surface area contributed by atoms with E-state index in [2.05, 4.69) is 5.32 Å². The largest absolute Gasteiger partial charge is 0.483 e. The van der Waals surface area contributed by atoms with E-state index in [-0.39, 0.29) is 24.3 Å². The van der Waals surface area contributed by atoms with E-state index in [4.69, 9.17) is 15.6 Å². The summed E-state index contributed by atoms with van der Waals surface area (Å²) in [5, 5.41) is 9.65. The van der Waals surface area contributed by atoms with Gasteiger partial charge in [0.05, 0.1) is 0 Å². The predicted octanol–water partition coefficient (Wildman–Crippen LogP) is -0.0567. The van der Waals surface area contributed by atoms with Gasteiger partial charge in [0.25, 0.3) is 6.47 Å². The summed E-state index contributed by atoms with van der Waals surface area (Å²) in [7, 11) is 0. The van der Waals surface area contributed by atoms with Gasteiger partial charge in [0.2, 0.25) is 11.8 Å². The third kappa shape index (κ3) is 9.32. The molecule has 0 unspecified atom stereocenters. The van der Waals surface area contributed by atoms with Crippen molar-refractivity contribution in [1.82, 2.24) is 10.2 Å². The summed E-state index contributed by atoms with van der Waals surface area (Å²) < 4.78 is 0. The molecule has 0 bridgehead atoms. The van der Waals surface area contributed by atoms with Crippen LogP contribution in [0.4, 0.5) is 0 Å². The highest BCUT2D eigenvalue weighted by Crippen LogP contribution is 2.10. The standard InChI is InChI=1S/C12H23N3O2.CH2O2/c1-10(13)9-14-11(16)5-4-8-15-7-3-2-6-12(15)17;2-1-3/h10H,2-9,13H2,1H3,(H,14,16);1H,(H,2,3)/t10-;/m0./s1. The third-order valence-electron chi connectivity index (χ3n) is 2.87. The first-order valence-electron chi connectivity index (χ1n) is 6.89. The molecular formula is C13H25N3O4. The summed E-state index contributed by atoms with van der Waals surface area (Å²) in [6, 6.07) is -0.0115. The molecule has 0 aromatic carbocycles. The maximum absolute atomic E-state index is 11.5. The topological polar surface area (TPSA) is 113 Å². The fraction of sp³-hybridized carbons (Fsp3) is 0.769. The van der Waals surface area contributed by atoms with Gasteiger partial charge in [-0.3, -0.25) is 14.4 Å². The predicted molar refractivity (Wildman–Crippen MR) is 75.0 cm³/mol. The molecule has 0 saturated carbocycles. The van der Waals surface area contributed by atoms with Crippen LogP contribution in [0, 0.1) is 0 Å². The normalized spacial score (nSPS) is 15.9. The van der Waals surface area contributed by atoms with Crippen molar-refractivity contribution < 1.29 is 19.5 Å². The van der Waals surface area contributed by atoms with Crippen molar-refractivity contribution in [3.8, 4) is 0 Å². The van der Waals surface area contributed by atoms with Gasteiger partial charge in [0.15, 0.2) is 0 Å². The molecule has 1 aliphatic rings. The van der Waals surface area contributed by atoms with E-state index < -0.39 is 0 Å². The first-order chi connectivity index (χ1) is 9.51. The number of rotatable bonds is 6. The van der Waals surface area contributed by atoms with Crippen LogP contribution in [0.1, 0.15) is 39.0 Å². The Labute approximate surface area is 119 Å². The smallest absolute Gasteiger partial charge is 0.290 e. The molecule has 1 heterocycles. The minimum Gasteiger partial charge on any atom is -0.483 e. The van der Waals surface area contributed by atoms with Crippen LogP contribution in [0.3, 0.4) is 0 Å². The molecule has 0 aromatic rings. The Morgan fingerprint density at radius 2 is 2.20 bits per heavy atom. The second-order valence-corrected chi connectivity index (χ2v) is 4.83. The minimum absolute atomic E-state index is 0.0115. The molecule has 4 N–H and O–H groups in total. The van der Waals surface area contributed by atoms with Gasteiger partial charge in [-0.15, -0.1) is 0 Å². The molecular weight excluding hydrogens is 262 g/mol. The van der Waals surface area contributed by atoms with Crippen molar-refractivity contribution in [2.75, 3.05) is 19.6 Å². The molecule has 0 aromatic heterocycles. The van der Waals surface area contributed by atoms with E-state index in [1.165, 1.54) is 0 Å². The van der Waals surface area contributed by atoms with Gasteiger partial charge in [0.1, 0.15) is 0 Å². The zero-order valence-corrected chi connectivity index (χ0v) is 12.0. The van der Waals surface area contributed by atoms with Gasteiger partial charge in [-0.25, -0.2) is 0 Å². The number of nitrogens with two attached hydrogens (primary N) is 1. The van der Waals surface area contributed by atoms with E-state index in [0.29, 0.717) is 25.9 Å². The van der Waals surface area contributed by atoms with E-state index in [9.17, 15) is 9.59 Å². The van der Waals surface area contributed by atoms with Crippen LogP contribution in [0.2, 0.25) is 0 Å². The Kier molecular flexibility index (Phi) is 10.3. The van der Waals surface area contributed by atoms with Crippen molar-refractivity contribution in [2.45, 2.75) is 45.1 Å². The van der Waals surface area contributed by atoms with E-state index in [1.807, 2.05) is 11.8 Å².